The van der Waals surface area contributed by atoms with Crippen molar-refractivity contribution in [3.8, 4) is 5.75 Å². The molecule has 0 saturated carbocycles. The molecule has 1 N–H and O–H groups in total. The number of benzene rings is 2. The first-order chi connectivity index (χ1) is 14.6. The fourth-order valence-electron chi connectivity index (χ4n) is 3.36. The first-order valence-corrected chi connectivity index (χ1v) is 10.3. The molecule has 4 rings (SSSR count). The van der Waals surface area contributed by atoms with Gasteiger partial charge in [-0.3, -0.25) is 9.59 Å². The van der Waals surface area contributed by atoms with Crippen molar-refractivity contribution in [2.45, 2.75) is 22.8 Å². The number of aromatic nitrogens is 1. The molecule has 0 atom stereocenters. The summed E-state index contributed by atoms with van der Waals surface area (Å²) < 4.78 is 5.34. The average Bonchev–Trinajstić information content (AvgIpc) is 2.87. The van der Waals surface area contributed by atoms with Crippen LogP contribution in [-0.2, 0) is 11.2 Å². The van der Waals surface area contributed by atoms with E-state index in [1.54, 1.807) is 37.4 Å². The Morgan fingerprint density at radius 2 is 2.00 bits per heavy atom. The molecule has 30 heavy (non-hydrogen) atoms. The minimum atomic E-state index is -0.0991. The highest BCUT2D eigenvalue weighted by Gasteiger charge is 2.25. The van der Waals surface area contributed by atoms with Gasteiger partial charge < -0.3 is 15.0 Å². The van der Waals surface area contributed by atoms with Gasteiger partial charge in [0, 0.05) is 30.2 Å². The van der Waals surface area contributed by atoms with Gasteiger partial charge in [-0.15, -0.1) is 0 Å². The van der Waals surface area contributed by atoms with Crippen molar-refractivity contribution in [2.24, 2.45) is 0 Å². The largest absolute Gasteiger partial charge is 0.496 e. The molecule has 0 radical (unpaired) electrons. The second-order valence-electron chi connectivity index (χ2n) is 6.86. The highest BCUT2D eigenvalue weighted by Crippen LogP contribution is 2.41. The third kappa shape index (κ3) is 4.02. The molecular formula is C23H21N3O3S. The van der Waals surface area contributed by atoms with Crippen LogP contribution in [0.15, 0.2) is 70.7 Å². The van der Waals surface area contributed by atoms with Crippen molar-refractivity contribution < 1.29 is 14.3 Å². The number of pyridine rings is 1. The Labute approximate surface area is 179 Å². The van der Waals surface area contributed by atoms with Gasteiger partial charge in [0.15, 0.2) is 0 Å². The van der Waals surface area contributed by atoms with Crippen LogP contribution in [0, 0.1) is 0 Å². The van der Waals surface area contributed by atoms with Crippen molar-refractivity contribution in [1.82, 2.24) is 4.98 Å². The van der Waals surface area contributed by atoms with Gasteiger partial charge in [0.25, 0.3) is 5.91 Å². The van der Waals surface area contributed by atoms with Gasteiger partial charge in [0.1, 0.15) is 10.8 Å². The molecular weight excluding hydrogens is 398 g/mol. The molecule has 0 aliphatic carbocycles. The lowest BCUT2D eigenvalue weighted by atomic mass is 10.1. The van der Waals surface area contributed by atoms with E-state index >= 15 is 0 Å². The number of ether oxygens (including phenoxy) is 1. The zero-order valence-corrected chi connectivity index (χ0v) is 17.5. The predicted molar refractivity (Wildman–Crippen MR) is 117 cm³/mol. The highest BCUT2D eigenvalue weighted by atomic mass is 32.2. The third-order valence-corrected chi connectivity index (χ3v) is 6.00. The number of carbonyl (C=O) groups is 2. The van der Waals surface area contributed by atoms with Crippen LogP contribution in [0.4, 0.5) is 11.4 Å². The number of nitrogens with one attached hydrogen (secondary N) is 1. The summed E-state index contributed by atoms with van der Waals surface area (Å²) in [5.41, 5.74) is 3.04. The van der Waals surface area contributed by atoms with Crippen LogP contribution in [0.25, 0.3) is 0 Å². The summed E-state index contributed by atoms with van der Waals surface area (Å²) in [5.74, 6) is 0.603. The molecule has 0 unspecified atom stereocenters. The molecule has 0 spiro atoms. The van der Waals surface area contributed by atoms with Crippen molar-refractivity contribution in [2.75, 3.05) is 24.4 Å². The summed E-state index contributed by atoms with van der Waals surface area (Å²) in [6, 6.07) is 16.8. The van der Waals surface area contributed by atoms with Gasteiger partial charge in [0.2, 0.25) is 5.91 Å². The summed E-state index contributed by atoms with van der Waals surface area (Å²) in [7, 11) is 3.37. The maximum Gasteiger partial charge on any atom is 0.260 e. The van der Waals surface area contributed by atoms with Crippen LogP contribution < -0.4 is 15.0 Å². The standard InChI is InChI=1S/C23H21N3O3S/c1-26-18-11-10-16(14-20(18)30-22-17(23(26)28)7-5-13-24-22)25-21(27)12-9-15-6-3-4-8-19(15)29-2/h3-8,10-11,13-14H,9,12H2,1-2H3,(H,25,27). The summed E-state index contributed by atoms with van der Waals surface area (Å²) in [5, 5.41) is 3.61. The van der Waals surface area contributed by atoms with Crippen molar-refractivity contribution in [3.05, 3.63) is 71.9 Å². The van der Waals surface area contributed by atoms with Crippen molar-refractivity contribution >= 4 is 35.0 Å². The highest BCUT2D eigenvalue weighted by molar-refractivity contribution is 7.99. The number of carbonyl (C=O) groups excluding carboxylic acids is 2. The Hall–Kier alpha value is -3.32. The predicted octanol–water partition coefficient (Wildman–Crippen LogP) is 4.40. The van der Waals surface area contributed by atoms with E-state index in [-0.39, 0.29) is 11.8 Å². The molecule has 0 bridgehead atoms. The summed E-state index contributed by atoms with van der Waals surface area (Å²) >= 11 is 1.43. The lowest BCUT2D eigenvalue weighted by Gasteiger charge is -2.18. The van der Waals surface area contributed by atoms with E-state index in [1.165, 1.54) is 11.8 Å². The normalized spacial score (nSPS) is 12.6. The molecule has 1 aliphatic rings. The fourth-order valence-corrected chi connectivity index (χ4v) is 4.44. The monoisotopic (exact) mass is 419 g/mol. The van der Waals surface area contributed by atoms with Gasteiger partial charge in [-0.2, -0.15) is 0 Å². The molecule has 1 aromatic heterocycles. The molecule has 2 amide bonds. The first kappa shape index (κ1) is 20.0. The van der Waals surface area contributed by atoms with Crippen molar-refractivity contribution in [1.29, 1.82) is 0 Å². The number of aryl methyl sites for hydroxylation is 1. The van der Waals surface area contributed by atoms with Crippen LogP contribution >= 0.6 is 11.8 Å². The molecule has 2 heterocycles. The molecule has 0 saturated heterocycles. The summed E-state index contributed by atoms with van der Waals surface area (Å²) in [4.78, 5) is 32.1. The molecule has 6 nitrogen and oxygen atoms in total. The maximum absolute atomic E-state index is 12.7. The zero-order chi connectivity index (χ0) is 21.1. The Kier molecular flexibility index (Phi) is 5.72. The van der Waals surface area contributed by atoms with Crippen LogP contribution in [0.3, 0.4) is 0 Å². The van der Waals surface area contributed by atoms with Crippen LogP contribution in [0.1, 0.15) is 22.3 Å². The number of para-hydroxylation sites is 1. The molecule has 152 valence electrons. The Balaban J connectivity index is 1.50. The number of amides is 2. The van der Waals surface area contributed by atoms with Gasteiger partial charge >= 0.3 is 0 Å². The Morgan fingerprint density at radius 1 is 1.17 bits per heavy atom. The number of methoxy groups -OCH3 is 1. The minimum Gasteiger partial charge on any atom is -0.496 e. The molecule has 2 aromatic carbocycles. The first-order valence-electron chi connectivity index (χ1n) is 9.53. The van der Waals surface area contributed by atoms with Crippen LogP contribution in [-0.4, -0.2) is 31.0 Å². The van der Waals surface area contributed by atoms with Crippen LogP contribution in [0.5, 0.6) is 5.75 Å². The van der Waals surface area contributed by atoms with Gasteiger partial charge in [-0.25, -0.2) is 4.98 Å². The average molecular weight is 420 g/mol. The van der Waals surface area contributed by atoms with E-state index in [1.807, 2.05) is 42.5 Å². The van der Waals surface area contributed by atoms with E-state index in [0.717, 1.165) is 21.9 Å². The molecule has 1 aliphatic heterocycles. The maximum atomic E-state index is 12.7. The minimum absolute atomic E-state index is 0.0811. The number of fused-ring (bicyclic) bond motifs is 2. The summed E-state index contributed by atoms with van der Waals surface area (Å²) in [6.45, 7) is 0. The smallest absolute Gasteiger partial charge is 0.260 e. The van der Waals surface area contributed by atoms with E-state index in [9.17, 15) is 9.59 Å². The SMILES string of the molecule is COc1ccccc1CCC(=O)Nc1ccc2c(c1)Sc1ncccc1C(=O)N2C. The summed E-state index contributed by atoms with van der Waals surface area (Å²) in [6.07, 6.45) is 2.60. The van der Waals surface area contributed by atoms with Crippen molar-refractivity contribution in [3.63, 3.8) is 0 Å². The lowest BCUT2D eigenvalue weighted by Crippen LogP contribution is -2.26. The lowest BCUT2D eigenvalue weighted by molar-refractivity contribution is -0.116. The number of nitrogens with zero attached hydrogens (tertiary/aromatic N) is 2. The van der Waals surface area contributed by atoms with E-state index in [4.69, 9.17) is 4.74 Å². The zero-order valence-electron chi connectivity index (χ0n) is 16.7. The number of hydrogen-bond acceptors (Lipinski definition) is 5. The second kappa shape index (κ2) is 8.59. The molecule has 0 fully saturated rings. The van der Waals surface area contributed by atoms with E-state index < -0.39 is 0 Å². The molecule has 3 aromatic rings. The van der Waals surface area contributed by atoms with Gasteiger partial charge in [-0.1, -0.05) is 30.0 Å². The Bertz CT molecular complexity index is 1120. The van der Waals surface area contributed by atoms with Gasteiger partial charge in [0.05, 0.1) is 18.4 Å². The van der Waals surface area contributed by atoms with Crippen LogP contribution in [0.2, 0.25) is 0 Å². The Morgan fingerprint density at radius 3 is 2.83 bits per heavy atom. The number of hydrogen-bond donors (Lipinski definition) is 1. The topological polar surface area (TPSA) is 71.5 Å². The molecule has 7 heteroatoms. The number of rotatable bonds is 5. The third-order valence-electron chi connectivity index (χ3n) is 4.93. The van der Waals surface area contributed by atoms with E-state index in [2.05, 4.69) is 10.3 Å². The second-order valence-corrected chi connectivity index (χ2v) is 7.90. The van der Waals surface area contributed by atoms with E-state index in [0.29, 0.717) is 29.1 Å². The fraction of sp³-hybridized carbons (Fsp3) is 0.174. The quantitative estimate of drug-likeness (QED) is 0.664. The number of anilines is 2. The van der Waals surface area contributed by atoms with Gasteiger partial charge in [-0.05, 0) is 48.4 Å².